The minimum absolute atomic E-state index is 0.0944. The SMILES string of the molecule is Cc1cc(C(=O)NC2CCN(c3nc4ccccc4cc3C#N)CC2)n(C)n1. The number of aromatic nitrogens is 3. The summed E-state index contributed by atoms with van der Waals surface area (Å²) in [5.41, 5.74) is 2.88. The van der Waals surface area contributed by atoms with Crippen molar-refractivity contribution in [3.63, 3.8) is 0 Å². The summed E-state index contributed by atoms with van der Waals surface area (Å²) in [6, 6.07) is 13.9. The molecule has 1 N–H and O–H groups in total. The van der Waals surface area contributed by atoms with Crippen LogP contribution in [-0.4, -0.2) is 39.8 Å². The molecule has 7 heteroatoms. The summed E-state index contributed by atoms with van der Waals surface area (Å²) in [5.74, 6) is 0.635. The van der Waals surface area contributed by atoms with Gasteiger partial charge in [-0.1, -0.05) is 18.2 Å². The second-order valence-corrected chi connectivity index (χ2v) is 7.19. The van der Waals surface area contributed by atoms with E-state index in [0.717, 1.165) is 48.3 Å². The first-order chi connectivity index (χ1) is 13.5. The van der Waals surface area contributed by atoms with Crippen molar-refractivity contribution in [3.8, 4) is 6.07 Å². The van der Waals surface area contributed by atoms with Crippen molar-refractivity contribution in [1.82, 2.24) is 20.1 Å². The molecular weight excluding hydrogens is 352 g/mol. The second kappa shape index (κ2) is 7.31. The number of nitriles is 1. The molecule has 4 rings (SSSR count). The predicted octanol–water partition coefficient (Wildman–Crippen LogP) is 2.55. The first-order valence-electron chi connectivity index (χ1n) is 9.41. The topological polar surface area (TPSA) is 86.8 Å². The molecule has 0 bridgehead atoms. The normalized spacial score (nSPS) is 14.8. The molecule has 2 aromatic heterocycles. The molecule has 142 valence electrons. The monoisotopic (exact) mass is 374 g/mol. The highest BCUT2D eigenvalue weighted by molar-refractivity contribution is 5.92. The van der Waals surface area contributed by atoms with E-state index in [1.165, 1.54) is 0 Å². The van der Waals surface area contributed by atoms with Crippen molar-refractivity contribution in [2.45, 2.75) is 25.8 Å². The highest BCUT2D eigenvalue weighted by atomic mass is 16.2. The summed E-state index contributed by atoms with van der Waals surface area (Å²) in [6.45, 7) is 3.36. The lowest BCUT2D eigenvalue weighted by Crippen LogP contribution is -2.45. The molecule has 1 aliphatic rings. The average Bonchev–Trinajstić information content (AvgIpc) is 3.05. The van der Waals surface area contributed by atoms with E-state index in [2.05, 4.69) is 21.4 Å². The summed E-state index contributed by atoms with van der Waals surface area (Å²) in [4.78, 5) is 19.4. The molecule has 1 amide bonds. The number of nitrogens with zero attached hydrogens (tertiary/aromatic N) is 5. The zero-order valence-electron chi connectivity index (χ0n) is 16.0. The van der Waals surface area contributed by atoms with E-state index < -0.39 is 0 Å². The van der Waals surface area contributed by atoms with Crippen LogP contribution in [0.25, 0.3) is 10.9 Å². The average molecular weight is 374 g/mol. The molecule has 0 atom stereocenters. The van der Waals surface area contributed by atoms with Crippen molar-refractivity contribution in [1.29, 1.82) is 5.26 Å². The summed E-state index contributed by atoms with van der Waals surface area (Å²) in [6.07, 6.45) is 1.61. The number of rotatable bonds is 3. The Bertz CT molecular complexity index is 1070. The van der Waals surface area contributed by atoms with E-state index in [0.29, 0.717) is 11.3 Å². The first-order valence-corrected chi connectivity index (χ1v) is 9.41. The van der Waals surface area contributed by atoms with Gasteiger partial charge < -0.3 is 10.2 Å². The number of carbonyl (C=O) groups is 1. The van der Waals surface area contributed by atoms with Gasteiger partial charge in [0.1, 0.15) is 17.6 Å². The van der Waals surface area contributed by atoms with Crippen molar-refractivity contribution in [2.75, 3.05) is 18.0 Å². The molecule has 7 nitrogen and oxygen atoms in total. The zero-order valence-corrected chi connectivity index (χ0v) is 16.0. The molecule has 28 heavy (non-hydrogen) atoms. The van der Waals surface area contributed by atoms with Crippen LogP contribution in [0, 0.1) is 18.3 Å². The fourth-order valence-corrected chi connectivity index (χ4v) is 3.75. The molecule has 3 aromatic rings. The molecule has 1 aliphatic heterocycles. The maximum Gasteiger partial charge on any atom is 0.269 e. The molecule has 0 unspecified atom stereocenters. The lowest BCUT2D eigenvalue weighted by molar-refractivity contribution is 0.0921. The van der Waals surface area contributed by atoms with Gasteiger partial charge in [0, 0.05) is 31.6 Å². The van der Waals surface area contributed by atoms with E-state index in [1.54, 1.807) is 17.8 Å². The number of hydrogen-bond donors (Lipinski definition) is 1. The first kappa shape index (κ1) is 18.0. The summed E-state index contributed by atoms with van der Waals surface area (Å²) < 4.78 is 1.61. The fraction of sp³-hybridized carbons (Fsp3) is 0.333. The molecule has 0 spiro atoms. The van der Waals surface area contributed by atoms with Gasteiger partial charge in [0.05, 0.1) is 16.8 Å². The number of aryl methyl sites for hydroxylation is 2. The summed E-state index contributed by atoms with van der Waals surface area (Å²) >= 11 is 0. The van der Waals surface area contributed by atoms with Gasteiger partial charge in [-0.3, -0.25) is 9.48 Å². The van der Waals surface area contributed by atoms with Crippen LogP contribution in [0.5, 0.6) is 0 Å². The number of piperidine rings is 1. The Kier molecular flexibility index (Phi) is 4.70. The minimum Gasteiger partial charge on any atom is -0.355 e. The van der Waals surface area contributed by atoms with E-state index in [4.69, 9.17) is 4.98 Å². The maximum atomic E-state index is 12.5. The van der Waals surface area contributed by atoms with Gasteiger partial charge in [-0.25, -0.2) is 4.98 Å². The number of fused-ring (bicyclic) bond motifs is 1. The number of carbonyl (C=O) groups excluding carboxylic acids is 1. The molecule has 0 saturated carbocycles. The third-order valence-corrected chi connectivity index (χ3v) is 5.19. The molecule has 1 fully saturated rings. The van der Waals surface area contributed by atoms with Crippen molar-refractivity contribution >= 4 is 22.6 Å². The van der Waals surface area contributed by atoms with E-state index in [-0.39, 0.29) is 11.9 Å². The molecule has 1 aromatic carbocycles. The van der Waals surface area contributed by atoms with Crippen LogP contribution in [0.2, 0.25) is 0 Å². The number of hydrogen-bond acceptors (Lipinski definition) is 5. The van der Waals surface area contributed by atoms with Crippen LogP contribution < -0.4 is 10.2 Å². The predicted molar refractivity (Wildman–Crippen MR) is 107 cm³/mol. The Morgan fingerprint density at radius 3 is 2.68 bits per heavy atom. The Morgan fingerprint density at radius 1 is 1.25 bits per heavy atom. The lowest BCUT2D eigenvalue weighted by atomic mass is 10.0. The Hall–Kier alpha value is -3.40. The third kappa shape index (κ3) is 3.41. The smallest absolute Gasteiger partial charge is 0.269 e. The molecule has 0 radical (unpaired) electrons. The number of pyridine rings is 1. The van der Waals surface area contributed by atoms with Gasteiger partial charge in [-0.05, 0) is 38.0 Å². The fourth-order valence-electron chi connectivity index (χ4n) is 3.75. The van der Waals surface area contributed by atoms with Gasteiger partial charge in [-0.15, -0.1) is 0 Å². The van der Waals surface area contributed by atoms with E-state index in [9.17, 15) is 10.1 Å². The number of anilines is 1. The molecule has 0 aliphatic carbocycles. The van der Waals surface area contributed by atoms with E-state index in [1.807, 2.05) is 37.3 Å². The number of amides is 1. The van der Waals surface area contributed by atoms with Crippen LogP contribution in [0.3, 0.4) is 0 Å². The second-order valence-electron chi connectivity index (χ2n) is 7.19. The van der Waals surface area contributed by atoms with Gasteiger partial charge in [-0.2, -0.15) is 10.4 Å². The Morgan fingerprint density at radius 2 is 2.00 bits per heavy atom. The Balaban J connectivity index is 1.46. The lowest BCUT2D eigenvalue weighted by Gasteiger charge is -2.33. The Labute approximate surface area is 163 Å². The standard InChI is InChI=1S/C21H22N6O/c1-14-11-19(26(2)25-14)21(28)23-17-7-9-27(10-8-17)20-16(13-22)12-15-5-3-4-6-18(15)24-20/h3-6,11-12,17H,7-10H2,1-2H3,(H,23,28). The van der Waals surface area contributed by atoms with Gasteiger partial charge in [0.25, 0.3) is 5.91 Å². The van der Waals surface area contributed by atoms with Crippen molar-refractivity contribution < 1.29 is 4.79 Å². The molecule has 3 heterocycles. The van der Waals surface area contributed by atoms with Crippen LogP contribution in [0.15, 0.2) is 36.4 Å². The third-order valence-electron chi connectivity index (χ3n) is 5.19. The maximum absolute atomic E-state index is 12.5. The number of para-hydroxylation sites is 1. The molecular formula is C21H22N6O. The van der Waals surface area contributed by atoms with Gasteiger partial charge in [0.15, 0.2) is 0 Å². The van der Waals surface area contributed by atoms with Gasteiger partial charge in [0.2, 0.25) is 0 Å². The largest absolute Gasteiger partial charge is 0.355 e. The van der Waals surface area contributed by atoms with E-state index >= 15 is 0 Å². The zero-order chi connectivity index (χ0) is 19.7. The highest BCUT2D eigenvalue weighted by Crippen LogP contribution is 2.25. The summed E-state index contributed by atoms with van der Waals surface area (Å²) in [7, 11) is 1.78. The molecule has 1 saturated heterocycles. The van der Waals surface area contributed by atoms with Crippen molar-refractivity contribution in [2.24, 2.45) is 7.05 Å². The van der Waals surface area contributed by atoms with Crippen LogP contribution in [0.1, 0.15) is 34.6 Å². The minimum atomic E-state index is -0.0944. The van der Waals surface area contributed by atoms with Gasteiger partial charge >= 0.3 is 0 Å². The number of benzene rings is 1. The van der Waals surface area contributed by atoms with Crippen LogP contribution >= 0.6 is 0 Å². The van der Waals surface area contributed by atoms with Crippen LogP contribution in [0.4, 0.5) is 5.82 Å². The van der Waals surface area contributed by atoms with Crippen molar-refractivity contribution in [3.05, 3.63) is 53.3 Å². The summed E-state index contributed by atoms with van der Waals surface area (Å²) in [5, 5.41) is 17.9. The van der Waals surface area contributed by atoms with Crippen LogP contribution in [-0.2, 0) is 7.05 Å². The number of nitrogens with one attached hydrogen (secondary N) is 1. The quantitative estimate of drug-likeness (QED) is 0.761. The highest BCUT2D eigenvalue weighted by Gasteiger charge is 2.24.